The molecule has 0 amide bonds. The number of benzene rings is 10. The predicted molar refractivity (Wildman–Crippen MR) is 428 cm³/mol. The van der Waals surface area contributed by atoms with Crippen molar-refractivity contribution < 1.29 is 130 Å². The molecule has 4 N–H and O–H groups in total. The summed E-state index contributed by atoms with van der Waals surface area (Å²) in [6.45, 7) is -3.40. The summed E-state index contributed by atoms with van der Waals surface area (Å²) in [6, 6.07) is 82.1. The minimum absolute atomic E-state index is 0.00417. The van der Waals surface area contributed by atoms with E-state index in [1.54, 1.807) is 224 Å². The Hall–Kier alpha value is -11.6. The number of esters is 6. The molecule has 27 heteroatoms. The highest BCUT2D eigenvalue weighted by molar-refractivity contribution is 5.92. The molecule has 0 aliphatic carbocycles. The monoisotopic (exact) mass is 1650 g/mol. The van der Waals surface area contributed by atoms with Gasteiger partial charge in [-0.3, -0.25) is 0 Å². The number of carbonyl (C=O) groups excluding carboxylic acids is 6. The molecule has 0 spiro atoms. The zero-order valence-electron chi connectivity index (χ0n) is 65.2. The van der Waals surface area contributed by atoms with Crippen LogP contribution in [0.4, 0.5) is 0 Å². The molecule has 4 heterocycles. The van der Waals surface area contributed by atoms with Gasteiger partial charge in [0.2, 0.25) is 0 Å². The quantitative estimate of drug-likeness (QED) is 0.0215. The highest BCUT2D eigenvalue weighted by Gasteiger charge is 2.61. The molecule has 27 nitrogen and oxygen atoms in total. The molecule has 0 bridgehead atoms. The van der Waals surface area contributed by atoms with Gasteiger partial charge in [-0.1, -0.05) is 231 Å². The van der Waals surface area contributed by atoms with Crippen molar-refractivity contribution in [3.63, 3.8) is 0 Å². The van der Waals surface area contributed by atoms with Gasteiger partial charge >= 0.3 is 35.8 Å². The van der Waals surface area contributed by atoms with Gasteiger partial charge in [0.25, 0.3) is 0 Å². The van der Waals surface area contributed by atoms with Gasteiger partial charge in [0.05, 0.1) is 86.2 Å². The fourth-order valence-corrected chi connectivity index (χ4v) is 14.4. The van der Waals surface area contributed by atoms with Gasteiger partial charge < -0.3 is 101 Å². The van der Waals surface area contributed by atoms with E-state index in [1.165, 1.54) is 72.8 Å². The van der Waals surface area contributed by atoms with Crippen LogP contribution in [0.3, 0.4) is 0 Å². The van der Waals surface area contributed by atoms with Crippen LogP contribution >= 0.6 is 0 Å². The molecule has 4 saturated heterocycles. The van der Waals surface area contributed by atoms with Crippen LogP contribution in [-0.2, 0) is 107 Å². The Bertz CT molecular complexity index is 4880. The summed E-state index contributed by atoms with van der Waals surface area (Å²) in [6.07, 6.45) is -37.5. The number of carbonyl (C=O) groups is 6. The van der Waals surface area contributed by atoms with Crippen molar-refractivity contribution in [1.29, 1.82) is 0 Å². The average molecular weight is 1650 g/mol. The third-order valence-electron chi connectivity index (χ3n) is 20.5. The van der Waals surface area contributed by atoms with E-state index in [2.05, 4.69) is 0 Å². The van der Waals surface area contributed by atoms with E-state index in [0.29, 0.717) is 22.3 Å². The minimum Gasteiger partial charge on any atom is -0.452 e. The average Bonchev–Trinajstić information content (AvgIpc) is 0.763. The predicted octanol–water partition coefficient (Wildman–Crippen LogP) is 10.3. The Labute approximate surface area is 696 Å². The first-order valence-electron chi connectivity index (χ1n) is 39.5. The normalized spacial score (nSPS) is 26.4. The van der Waals surface area contributed by atoms with Crippen LogP contribution in [0, 0.1) is 0 Å². The van der Waals surface area contributed by atoms with Gasteiger partial charge in [0.1, 0.15) is 61.0 Å². The van der Waals surface area contributed by atoms with Gasteiger partial charge in [-0.25, -0.2) is 28.8 Å². The van der Waals surface area contributed by atoms with Gasteiger partial charge in [-0.15, -0.1) is 0 Å². The number of aliphatic hydroxyl groups is 4. The molecule has 14 rings (SSSR count). The summed E-state index contributed by atoms with van der Waals surface area (Å²) in [4.78, 5) is 90.2. The molecule has 20 unspecified atom stereocenters. The van der Waals surface area contributed by atoms with Gasteiger partial charge in [-0.05, 0) is 95.1 Å². The molecule has 4 fully saturated rings. The van der Waals surface area contributed by atoms with Crippen molar-refractivity contribution in [1.82, 2.24) is 0 Å². The second-order valence-corrected chi connectivity index (χ2v) is 28.8. The largest absolute Gasteiger partial charge is 0.452 e. The van der Waals surface area contributed by atoms with Crippen molar-refractivity contribution in [2.75, 3.05) is 26.4 Å². The number of hydrogen-bond acceptors (Lipinski definition) is 27. The molecule has 0 aromatic heterocycles. The van der Waals surface area contributed by atoms with E-state index in [0.717, 1.165) is 0 Å². The van der Waals surface area contributed by atoms with Crippen LogP contribution in [0.15, 0.2) is 303 Å². The summed E-state index contributed by atoms with van der Waals surface area (Å²) in [7, 11) is 0. The molecule has 4 aliphatic rings. The lowest BCUT2D eigenvalue weighted by atomic mass is 9.94. The molecule has 10 aromatic rings. The maximum absolute atomic E-state index is 15.5. The maximum Gasteiger partial charge on any atom is 0.338 e. The first-order chi connectivity index (χ1) is 59.2. The molecule has 20 atom stereocenters. The lowest BCUT2D eigenvalue weighted by molar-refractivity contribution is -0.390. The summed E-state index contributed by atoms with van der Waals surface area (Å²) < 4.78 is 114. The Morgan fingerprint density at radius 2 is 0.496 bits per heavy atom. The zero-order valence-corrected chi connectivity index (χ0v) is 65.2. The number of ether oxygens (including phenoxy) is 17. The first-order valence-corrected chi connectivity index (χ1v) is 39.5. The standard InChI is InChI=1S/C94H90O27/c95-51-69-74(107-55-61-35-15-3-16-36-61)73(97)78(113-85(98)63-39-19-5-20-40-63)92(110-69)119-77-72(58-106-54-60-33-13-2-14-34-60)112-94(84(118-90(103)68-49-29-10-30-50-68)81(77)115-87(100)65-43-23-7-24-44-65)121-79-75(108-56-62-37-17-4-18-38-62)70(52-96)111-93(83(79)117-89(102)67-47-27-9-28-48-67)120-76-71(57-105-53-59-31-11-1-12-32-59)109-91(104)82(116-88(101)66-45-25-8-26-46-66)80(76)114-86(99)64-41-21-6-22-42-64/h1-50,69-84,91-97,104H,51-58H2. The van der Waals surface area contributed by atoms with Crippen molar-refractivity contribution in [2.45, 2.75) is 149 Å². The van der Waals surface area contributed by atoms with E-state index in [-0.39, 0.29) is 59.8 Å². The molecule has 628 valence electrons. The second-order valence-electron chi connectivity index (χ2n) is 28.8. The SMILES string of the molecule is O=C(OC1C(OC2C(COCc3ccccc3)OC(OC3C(OCc4ccccc4)C(CO)OC(OC4C(COCc5ccccc5)OC(O)C(OC(=O)c5ccccc5)C4OC(=O)c4ccccc4)C3OC(=O)c3ccccc3)C(OC(=O)c3ccccc3)C2OC(=O)c2ccccc2)OC(CO)C(OCc2ccccc2)C1O)c1ccccc1. The van der Waals surface area contributed by atoms with Crippen LogP contribution in [0.25, 0.3) is 0 Å². The minimum atomic E-state index is -2.17. The Balaban J connectivity index is 0.929. The highest BCUT2D eigenvalue weighted by Crippen LogP contribution is 2.41. The van der Waals surface area contributed by atoms with Crippen LogP contribution in [-0.4, -0.2) is 205 Å². The summed E-state index contributed by atoms with van der Waals surface area (Å²) in [5, 5.41) is 48.6. The first kappa shape index (κ1) is 85.8. The van der Waals surface area contributed by atoms with Crippen LogP contribution < -0.4 is 0 Å². The van der Waals surface area contributed by atoms with E-state index in [9.17, 15) is 34.8 Å². The van der Waals surface area contributed by atoms with E-state index in [4.69, 9.17) is 80.5 Å². The molecule has 0 radical (unpaired) electrons. The van der Waals surface area contributed by atoms with Crippen LogP contribution in [0.5, 0.6) is 0 Å². The van der Waals surface area contributed by atoms with E-state index < -0.39 is 185 Å². The zero-order chi connectivity index (χ0) is 83.8. The van der Waals surface area contributed by atoms with Crippen molar-refractivity contribution in [3.8, 4) is 0 Å². The molecule has 4 aliphatic heterocycles. The van der Waals surface area contributed by atoms with Gasteiger partial charge in [0, 0.05) is 0 Å². The van der Waals surface area contributed by atoms with Gasteiger partial charge in [0.15, 0.2) is 61.8 Å². The third kappa shape index (κ3) is 22.3. The molecule has 121 heavy (non-hydrogen) atoms. The fraction of sp³-hybridized carbons (Fsp3) is 0.298. The summed E-state index contributed by atoms with van der Waals surface area (Å²) in [5.41, 5.74) is 2.52. The highest BCUT2D eigenvalue weighted by atomic mass is 16.8. The summed E-state index contributed by atoms with van der Waals surface area (Å²) in [5.74, 6) is -6.16. The Morgan fingerprint density at radius 1 is 0.248 bits per heavy atom. The topological polar surface area (TPSA) is 340 Å². The van der Waals surface area contributed by atoms with Gasteiger partial charge in [-0.2, -0.15) is 0 Å². The third-order valence-corrected chi connectivity index (χ3v) is 20.5. The maximum atomic E-state index is 15.5. The van der Waals surface area contributed by atoms with Crippen LogP contribution in [0.2, 0.25) is 0 Å². The van der Waals surface area contributed by atoms with Crippen molar-refractivity contribution in [2.24, 2.45) is 0 Å². The number of rotatable bonds is 34. The number of aliphatic hydroxyl groups excluding tert-OH is 4. The van der Waals surface area contributed by atoms with E-state index in [1.807, 2.05) is 6.07 Å². The Kier molecular flexibility index (Phi) is 30.2. The van der Waals surface area contributed by atoms with Crippen molar-refractivity contribution in [3.05, 3.63) is 359 Å². The molecule has 10 aromatic carbocycles. The molecule has 0 saturated carbocycles. The fourth-order valence-electron chi connectivity index (χ4n) is 14.4. The summed E-state index contributed by atoms with van der Waals surface area (Å²) >= 11 is 0. The molecular formula is C94H90O27. The smallest absolute Gasteiger partial charge is 0.338 e. The second kappa shape index (κ2) is 42.6. The number of hydrogen-bond donors (Lipinski definition) is 4. The Morgan fingerprint density at radius 3 is 0.843 bits per heavy atom. The van der Waals surface area contributed by atoms with E-state index >= 15 is 14.4 Å². The lowest BCUT2D eigenvalue weighted by Crippen LogP contribution is -2.69. The lowest BCUT2D eigenvalue weighted by Gasteiger charge is -2.51. The van der Waals surface area contributed by atoms with Crippen LogP contribution in [0.1, 0.15) is 84.4 Å². The molecular weight excluding hydrogens is 1560 g/mol. The van der Waals surface area contributed by atoms with Crippen molar-refractivity contribution >= 4 is 35.8 Å².